The Morgan fingerprint density at radius 1 is 1.17 bits per heavy atom. The first kappa shape index (κ1) is 15.0. The summed E-state index contributed by atoms with van der Waals surface area (Å²) in [4.78, 5) is 12.0. The number of ether oxygens (including phenoxy) is 1. The van der Waals surface area contributed by atoms with Gasteiger partial charge in [-0.2, -0.15) is 0 Å². The molecule has 8 nitrogen and oxygen atoms in total. The van der Waals surface area contributed by atoms with Gasteiger partial charge in [-0.1, -0.05) is 0 Å². The molecule has 3 aromatic rings. The highest BCUT2D eigenvalue weighted by molar-refractivity contribution is 7.92. The lowest BCUT2D eigenvalue weighted by Crippen LogP contribution is -2.14. The number of rotatable bonds is 5. The fourth-order valence-electron chi connectivity index (χ4n) is 1.89. The molecular formula is C14H13N5O3S. The predicted octanol–water partition coefficient (Wildman–Crippen LogP) is 1.47. The maximum Gasteiger partial charge on any atom is 0.263 e. The Morgan fingerprint density at radius 3 is 2.61 bits per heavy atom. The molecule has 0 aliphatic heterocycles. The first-order valence-electron chi connectivity index (χ1n) is 6.56. The minimum atomic E-state index is -3.74. The largest absolute Gasteiger partial charge is 0.497 e. The summed E-state index contributed by atoms with van der Waals surface area (Å²) in [6, 6.07) is 7.58. The number of aromatic nitrogens is 4. The number of nitrogens with one attached hydrogen (secondary N) is 1. The minimum absolute atomic E-state index is 0.112. The molecule has 0 saturated carbocycles. The molecule has 0 atom stereocenters. The lowest BCUT2D eigenvalue weighted by molar-refractivity contribution is 0.414. The van der Waals surface area contributed by atoms with E-state index in [0.717, 1.165) is 0 Å². The third kappa shape index (κ3) is 3.29. The quantitative estimate of drug-likeness (QED) is 0.760. The Bertz CT molecular complexity index is 892. The van der Waals surface area contributed by atoms with Crippen molar-refractivity contribution in [1.29, 1.82) is 0 Å². The Labute approximate surface area is 132 Å². The highest BCUT2D eigenvalue weighted by atomic mass is 32.2. The van der Waals surface area contributed by atoms with Gasteiger partial charge >= 0.3 is 0 Å². The zero-order valence-corrected chi connectivity index (χ0v) is 12.9. The smallest absolute Gasteiger partial charge is 0.263 e. The number of hydrogen-bond donors (Lipinski definition) is 1. The maximum atomic E-state index is 12.4. The number of hydrogen-bond acceptors (Lipinski definition) is 6. The van der Waals surface area contributed by atoms with Gasteiger partial charge < -0.3 is 4.74 Å². The molecule has 0 saturated heterocycles. The van der Waals surface area contributed by atoms with Gasteiger partial charge in [0.2, 0.25) is 0 Å². The SMILES string of the molecule is COc1ccc(S(=O)(=O)Nc2cc(-n3ccnc3)ncn2)cc1. The van der Waals surface area contributed by atoms with Crippen LogP contribution in [0.2, 0.25) is 0 Å². The summed E-state index contributed by atoms with van der Waals surface area (Å²) in [6.07, 6.45) is 6.14. The second-order valence-corrected chi connectivity index (χ2v) is 6.19. The van der Waals surface area contributed by atoms with E-state index in [0.29, 0.717) is 11.6 Å². The van der Waals surface area contributed by atoms with Crippen molar-refractivity contribution in [2.24, 2.45) is 0 Å². The van der Waals surface area contributed by atoms with Crippen molar-refractivity contribution >= 4 is 15.8 Å². The zero-order valence-electron chi connectivity index (χ0n) is 12.1. The molecule has 0 radical (unpaired) electrons. The van der Waals surface area contributed by atoms with Crippen LogP contribution in [0.1, 0.15) is 0 Å². The van der Waals surface area contributed by atoms with Crippen LogP contribution in [0.4, 0.5) is 5.82 Å². The molecular weight excluding hydrogens is 318 g/mol. The summed E-state index contributed by atoms with van der Waals surface area (Å²) in [6.45, 7) is 0. The van der Waals surface area contributed by atoms with Crippen LogP contribution in [0.5, 0.6) is 5.75 Å². The number of anilines is 1. The molecule has 3 rings (SSSR count). The molecule has 0 spiro atoms. The Balaban J connectivity index is 1.87. The molecule has 0 bridgehead atoms. The number of sulfonamides is 1. The highest BCUT2D eigenvalue weighted by Crippen LogP contribution is 2.18. The Hall–Kier alpha value is -2.94. The van der Waals surface area contributed by atoms with E-state index < -0.39 is 10.0 Å². The van der Waals surface area contributed by atoms with Gasteiger partial charge in [0.05, 0.1) is 12.0 Å². The van der Waals surface area contributed by atoms with Crippen molar-refractivity contribution in [3.63, 3.8) is 0 Å². The van der Waals surface area contributed by atoms with Crippen molar-refractivity contribution in [3.8, 4) is 11.6 Å². The molecule has 118 valence electrons. The highest BCUT2D eigenvalue weighted by Gasteiger charge is 2.15. The molecule has 1 N–H and O–H groups in total. The van der Waals surface area contributed by atoms with Crippen molar-refractivity contribution in [2.45, 2.75) is 4.90 Å². The number of benzene rings is 1. The normalized spacial score (nSPS) is 11.2. The summed E-state index contributed by atoms with van der Waals surface area (Å²) < 4.78 is 33.8. The molecule has 0 aliphatic carbocycles. The number of methoxy groups -OCH3 is 1. The van der Waals surface area contributed by atoms with Gasteiger partial charge in [0.15, 0.2) is 0 Å². The van der Waals surface area contributed by atoms with E-state index in [1.54, 1.807) is 35.4 Å². The fourth-order valence-corrected chi connectivity index (χ4v) is 2.89. The topological polar surface area (TPSA) is 99.0 Å². The van der Waals surface area contributed by atoms with Crippen LogP contribution < -0.4 is 9.46 Å². The van der Waals surface area contributed by atoms with Crippen molar-refractivity contribution in [2.75, 3.05) is 11.8 Å². The van der Waals surface area contributed by atoms with Gasteiger partial charge in [-0.05, 0) is 24.3 Å². The molecule has 23 heavy (non-hydrogen) atoms. The summed E-state index contributed by atoms with van der Waals surface area (Å²) in [5.41, 5.74) is 0. The second kappa shape index (κ2) is 6.05. The molecule has 2 heterocycles. The van der Waals surface area contributed by atoms with Crippen LogP contribution in [0.15, 0.2) is 60.3 Å². The van der Waals surface area contributed by atoms with Crippen LogP contribution in [-0.4, -0.2) is 35.0 Å². The summed E-state index contributed by atoms with van der Waals surface area (Å²) in [7, 11) is -2.23. The number of nitrogens with zero attached hydrogens (tertiary/aromatic N) is 4. The van der Waals surface area contributed by atoms with E-state index in [9.17, 15) is 8.42 Å². The van der Waals surface area contributed by atoms with Gasteiger partial charge in [0.1, 0.15) is 30.0 Å². The summed E-state index contributed by atoms with van der Waals surface area (Å²) >= 11 is 0. The van der Waals surface area contributed by atoms with Crippen LogP contribution in [0, 0.1) is 0 Å². The van der Waals surface area contributed by atoms with Gasteiger partial charge in [0, 0.05) is 18.5 Å². The molecule has 0 aliphatic rings. The van der Waals surface area contributed by atoms with E-state index in [-0.39, 0.29) is 10.7 Å². The van der Waals surface area contributed by atoms with Gasteiger partial charge in [-0.15, -0.1) is 0 Å². The zero-order chi connectivity index (χ0) is 16.3. The van der Waals surface area contributed by atoms with E-state index in [1.807, 2.05) is 0 Å². The molecule has 0 amide bonds. The first-order chi connectivity index (χ1) is 11.1. The maximum absolute atomic E-state index is 12.4. The van der Waals surface area contributed by atoms with Crippen LogP contribution in [-0.2, 0) is 10.0 Å². The average Bonchev–Trinajstić information content (AvgIpc) is 3.09. The van der Waals surface area contributed by atoms with Gasteiger partial charge in [-0.25, -0.2) is 23.4 Å². The molecule has 0 fully saturated rings. The molecule has 0 unspecified atom stereocenters. The third-order valence-electron chi connectivity index (χ3n) is 3.03. The predicted molar refractivity (Wildman–Crippen MR) is 83.0 cm³/mol. The molecule has 9 heteroatoms. The molecule has 1 aromatic carbocycles. The van der Waals surface area contributed by atoms with Crippen molar-refractivity contribution in [3.05, 3.63) is 55.4 Å². The van der Waals surface area contributed by atoms with Gasteiger partial charge in [0.25, 0.3) is 10.0 Å². The average molecular weight is 331 g/mol. The third-order valence-corrected chi connectivity index (χ3v) is 4.40. The van der Waals surface area contributed by atoms with Crippen molar-refractivity contribution < 1.29 is 13.2 Å². The van der Waals surface area contributed by atoms with Crippen molar-refractivity contribution in [1.82, 2.24) is 19.5 Å². The Kier molecular flexibility index (Phi) is 3.94. The fraction of sp³-hybridized carbons (Fsp3) is 0.0714. The summed E-state index contributed by atoms with van der Waals surface area (Å²) in [5.74, 6) is 1.25. The second-order valence-electron chi connectivity index (χ2n) is 4.51. The summed E-state index contributed by atoms with van der Waals surface area (Å²) in [5, 5.41) is 0. The van der Waals surface area contributed by atoms with Crippen LogP contribution >= 0.6 is 0 Å². The van der Waals surface area contributed by atoms with Crippen LogP contribution in [0.25, 0.3) is 5.82 Å². The van der Waals surface area contributed by atoms with E-state index >= 15 is 0 Å². The first-order valence-corrected chi connectivity index (χ1v) is 8.04. The number of imidazole rings is 1. The van der Waals surface area contributed by atoms with E-state index in [2.05, 4.69) is 19.7 Å². The standard InChI is InChI=1S/C14H13N5O3S/c1-22-11-2-4-12(5-3-11)23(20,21)18-13-8-14(17-9-16-13)19-7-6-15-10-19/h2-10H,1H3,(H,16,17,18). The lowest BCUT2D eigenvalue weighted by Gasteiger charge is -2.09. The lowest BCUT2D eigenvalue weighted by atomic mass is 10.3. The van der Waals surface area contributed by atoms with Gasteiger partial charge in [-0.3, -0.25) is 9.29 Å². The monoisotopic (exact) mass is 331 g/mol. The van der Waals surface area contributed by atoms with E-state index in [4.69, 9.17) is 4.74 Å². The minimum Gasteiger partial charge on any atom is -0.497 e. The molecule has 2 aromatic heterocycles. The Morgan fingerprint density at radius 2 is 1.96 bits per heavy atom. The van der Waals surface area contributed by atoms with Crippen LogP contribution in [0.3, 0.4) is 0 Å². The van der Waals surface area contributed by atoms with E-state index in [1.165, 1.54) is 31.6 Å².